The van der Waals surface area contributed by atoms with Crippen LogP contribution in [0.3, 0.4) is 0 Å². The molecule has 0 aliphatic carbocycles. The molecule has 0 bridgehead atoms. The third-order valence-electron chi connectivity index (χ3n) is 2.98. The second kappa shape index (κ2) is 7.05. The highest BCUT2D eigenvalue weighted by Crippen LogP contribution is 2.28. The Morgan fingerprint density at radius 2 is 1.92 bits per heavy atom. The second-order valence-corrected chi connectivity index (χ2v) is 6.77. The van der Waals surface area contributed by atoms with Gasteiger partial charge in [0, 0.05) is 17.3 Å². The van der Waals surface area contributed by atoms with E-state index in [0.29, 0.717) is 28.1 Å². The van der Waals surface area contributed by atoms with E-state index in [1.807, 2.05) is 26.8 Å². The number of nitrogens with zero attached hydrogens (tertiary/aromatic N) is 2. The quantitative estimate of drug-likeness (QED) is 0.880. The van der Waals surface area contributed by atoms with E-state index < -0.39 is 0 Å². The number of aromatic nitrogens is 2. The van der Waals surface area contributed by atoms with Crippen molar-refractivity contribution in [1.82, 2.24) is 15.3 Å². The number of ether oxygens (including phenoxy) is 1. The summed E-state index contributed by atoms with van der Waals surface area (Å²) in [4.78, 5) is 20.8. The topological polar surface area (TPSA) is 76.1 Å². The Labute approximate surface area is 146 Å². The van der Waals surface area contributed by atoms with Gasteiger partial charge in [-0.25, -0.2) is 9.97 Å². The standard InChI is InChI=1S/C17H21ClN4O2/c1-10-19-13(16(23)22-17(2,3)4)9-15(20-10)21-11-6-7-14(24-5)12(18)8-11/h6-9H,1-5H3,(H,22,23)(H,19,20,21). The number of methoxy groups -OCH3 is 1. The lowest BCUT2D eigenvalue weighted by atomic mass is 10.1. The lowest BCUT2D eigenvalue weighted by Gasteiger charge is -2.20. The van der Waals surface area contributed by atoms with Crippen molar-refractivity contribution in [3.63, 3.8) is 0 Å². The summed E-state index contributed by atoms with van der Waals surface area (Å²) in [7, 11) is 1.56. The molecule has 2 aromatic rings. The molecule has 0 aliphatic heterocycles. The minimum absolute atomic E-state index is 0.246. The van der Waals surface area contributed by atoms with E-state index >= 15 is 0 Å². The zero-order valence-corrected chi connectivity index (χ0v) is 15.2. The molecule has 1 heterocycles. The summed E-state index contributed by atoms with van der Waals surface area (Å²) in [6.07, 6.45) is 0. The lowest BCUT2D eigenvalue weighted by molar-refractivity contribution is 0.0914. The number of amides is 1. The number of rotatable bonds is 4. The molecule has 0 saturated heterocycles. The van der Waals surface area contributed by atoms with Gasteiger partial charge in [0.05, 0.1) is 12.1 Å². The summed E-state index contributed by atoms with van der Waals surface area (Å²) in [5.74, 6) is 1.36. The van der Waals surface area contributed by atoms with Crippen LogP contribution in [0.5, 0.6) is 5.75 Å². The third kappa shape index (κ3) is 4.83. The Balaban J connectivity index is 2.25. The van der Waals surface area contributed by atoms with Crippen LogP contribution < -0.4 is 15.4 Å². The van der Waals surface area contributed by atoms with Crippen molar-refractivity contribution in [3.8, 4) is 5.75 Å². The maximum Gasteiger partial charge on any atom is 0.270 e. The molecule has 1 aromatic carbocycles. The van der Waals surface area contributed by atoms with Crippen molar-refractivity contribution in [1.29, 1.82) is 0 Å². The van der Waals surface area contributed by atoms with Crippen LogP contribution in [-0.4, -0.2) is 28.5 Å². The fourth-order valence-corrected chi connectivity index (χ4v) is 2.30. The third-order valence-corrected chi connectivity index (χ3v) is 3.28. The van der Waals surface area contributed by atoms with Crippen LogP contribution in [0.1, 0.15) is 37.1 Å². The van der Waals surface area contributed by atoms with Gasteiger partial charge in [0.1, 0.15) is 23.1 Å². The number of nitrogens with one attached hydrogen (secondary N) is 2. The average molecular weight is 349 g/mol. The highest BCUT2D eigenvalue weighted by Gasteiger charge is 2.17. The minimum Gasteiger partial charge on any atom is -0.495 e. The van der Waals surface area contributed by atoms with Gasteiger partial charge in [0.15, 0.2) is 0 Å². The summed E-state index contributed by atoms with van der Waals surface area (Å²) in [6, 6.07) is 6.90. The number of hydrogen-bond acceptors (Lipinski definition) is 5. The Morgan fingerprint density at radius 1 is 1.21 bits per heavy atom. The van der Waals surface area contributed by atoms with Crippen LogP contribution in [0.2, 0.25) is 5.02 Å². The zero-order chi connectivity index (χ0) is 17.9. The highest BCUT2D eigenvalue weighted by atomic mass is 35.5. The monoisotopic (exact) mass is 348 g/mol. The van der Waals surface area contributed by atoms with Crippen molar-refractivity contribution >= 4 is 29.0 Å². The van der Waals surface area contributed by atoms with Crippen LogP contribution in [0.15, 0.2) is 24.3 Å². The molecule has 0 unspecified atom stereocenters. The molecule has 2 N–H and O–H groups in total. The number of halogens is 1. The molecule has 0 saturated carbocycles. The van der Waals surface area contributed by atoms with Crippen LogP contribution >= 0.6 is 11.6 Å². The molecule has 24 heavy (non-hydrogen) atoms. The molecule has 1 aromatic heterocycles. The van der Waals surface area contributed by atoms with Gasteiger partial charge in [-0.3, -0.25) is 4.79 Å². The number of carbonyl (C=O) groups is 1. The lowest BCUT2D eigenvalue weighted by Crippen LogP contribution is -2.41. The summed E-state index contributed by atoms with van der Waals surface area (Å²) >= 11 is 6.12. The number of hydrogen-bond donors (Lipinski definition) is 2. The van der Waals surface area contributed by atoms with Crippen LogP contribution in [-0.2, 0) is 0 Å². The summed E-state index contributed by atoms with van der Waals surface area (Å²) in [6.45, 7) is 7.48. The van der Waals surface area contributed by atoms with Crippen molar-refractivity contribution < 1.29 is 9.53 Å². The van der Waals surface area contributed by atoms with Gasteiger partial charge in [0.25, 0.3) is 5.91 Å². The molecule has 0 radical (unpaired) electrons. The van der Waals surface area contributed by atoms with Gasteiger partial charge in [-0.1, -0.05) is 11.6 Å². The van der Waals surface area contributed by atoms with Gasteiger partial charge < -0.3 is 15.4 Å². The second-order valence-electron chi connectivity index (χ2n) is 6.36. The van der Waals surface area contributed by atoms with E-state index in [1.165, 1.54) is 0 Å². The largest absolute Gasteiger partial charge is 0.495 e. The molecular formula is C17H21ClN4O2. The predicted molar refractivity (Wildman–Crippen MR) is 95.3 cm³/mol. The summed E-state index contributed by atoms with van der Waals surface area (Å²) in [5, 5.41) is 6.49. The number of benzene rings is 1. The molecule has 7 heteroatoms. The first kappa shape index (κ1) is 18.0. The fraction of sp³-hybridized carbons (Fsp3) is 0.353. The van der Waals surface area contributed by atoms with E-state index in [1.54, 1.807) is 32.2 Å². The molecular weight excluding hydrogens is 328 g/mol. The first-order valence-corrected chi connectivity index (χ1v) is 7.84. The number of anilines is 2. The summed E-state index contributed by atoms with van der Waals surface area (Å²) < 4.78 is 5.13. The van der Waals surface area contributed by atoms with Crippen LogP contribution in [0.4, 0.5) is 11.5 Å². The summed E-state index contributed by atoms with van der Waals surface area (Å²) in [5.41, 5.74) is 0.702. The van der Waals surface area contributed by atoms with E-state index in [9.17, 15) is 4.79 Å². The Hall–Kier alpha value is -2.34. The van der Waals surface area contributed by atoms with Crippen molar-refractivity contribution in [2.45, 2.75) is 33.2 Å². The zero-order valence-electron chi connectivity index (χ0n) is 14.4. The first-order chi connectivity index (χ1) is 11.2. The maximum absolute atomic E-state index is 12.3. The van der Waals surface area contributed by atoms with Crippen molar-refractivity contribution in [2.75, 3.05) is 12.4 Å². The van der Waals surface area contributed by atoms with Crippen molar-refractivity contribution in [2.24, 2.45) is 0 Å². The van der Waals surface area contributed by atoms with Crippen LogP contribution in [0.25, 0.3) is 0 Å². The van der Waals surface area contributed by atoms with Crippen molar-refractivity contribution in [3.05, 3.63) is 40.8 Å². The van der Waals surface area contributed by atoms with Gasteiger partial charge in [-0.2, -0.15) is 0 Å². The molecule has 0 aliphatic rings. The molecule has 1 amide bonds. The molecule has 0 spiro atoms. The average Bonchev–Trinajstić information content (AvgIpc) is 2.45. The molecule has 0 atom stereocenters. The Morgan fingerprint density at radius 3 is 2.50 bits per heavy atom. The van der Waals surface area contributed by atoms with E-state index in [4.69, 9.17) is 16.3 Å². The van der Waals surface area contributed by atoms with E-state index in [-0.39, 0.29) is 11.4 Å². The van der Waals surface area contributed by atoms with Gasteiger partial charge in [-0.15, -0.1) is 0 Å². The minimum atomic E-state index is -0.340. The maximum atomic E-state index is 12.3. The van der Waals surface area contributed by atoms with E-state index in [2.05, 4.69) is 20.6 Å². The predicted octanol–water partition coefficient (Wildman–Crippen LogP) is 3.72. The Bertz CT molecular complexity index is 757. The smallest absolute Gasteiger partial charge is 0.270 e. The van der Waals surface area contributed by atoms with Gasteiger partial charge >= 0.3 is 0 Å². The molecule has 0 fully saturated rings. The van der Waals surface area contributed by atoms with Gasteiger partial charge in [0.2, 0.25) is 0 Å². The normalized spacial score (nSPS) is 11.1. The fourth-order valence-electron chi connectivity index (χ4n) is 2.04. The first-order valence-electron chi connectivity index (χ1n) is 7.47. The SMILES string of the molecule is COc1ccc(Nc2cc(C(=O)NC(C)(C)C)nc(C)n2)cc1Cl. The van der Waals surface area contributed by atoms with Crippen LogP contribution in [0, 0.1) is 6.92 Å². The Kier molecular flexibility index (Phi) is 5.29. The number of aryl methyl sites for hydroxylation is 1. The highest BCUT2D eigenvalue weighted by molar-refractivity contribution is 6.32. The van der Waals surface area contributed by atoms with Gasteiger partial charge in [-0.05, 0) is 45.9 Å². The van der Waals surface area contributed by atoms with E-state index in [0.717, 1.165) is 5.69 Å². The molecule has 2 rings (SSSR count). The molecule has 6 nitrogen and oxygen atoms in total. The molecule has 128 valence electrons. The number of carbonyl (C=O) groups excluding carboxylic acids is 1.